The molecule has 7 heteroatoms. The van der Waals surface area contributed by atoms with Gasteiger partial charge in [0.15, 0.2) is 0 Å². The summed E-state index contributed by atoms with van der Waals surface area (Å²) in [6, 6.07) is 1.20. The molecule has 1 aliphatic heterocycles. The van der Waals surface area contributed by atoms with Crippen LogP contribution in [0.15, 0.2) is 6.07 Å². The number of nitrogens with zero attached hydrogens (tertiary/aromatic N) is 1. The van der Waals surface area contributed by atoms with Gasteiger partial charge in [0.25, 0.3) is 11.8 Å². The van der Waals surface area contributed by atoms with Gasteiger partial charge in [0.2, 0.25) is 0 Å². The van der Waals surface area contributed by atoms with E-state index in [9.17, 15) is 14.0 Å². The molecular weight excluding hydrogens is 347 g/mol. The van der Waals surface area contributed by atoms with Gasteiger partial charge < -0.3 is 20.9 Å². The topological polar surface area (TPSA) is 91.2 Å². The fourth-order valence-electron chi connectivity index (χ4n) is 3.58. The van der Waals surface area contributed by atoms with Gasteiger partial charge in [-0.2, -0.15) is 0 Å². The van der Waals surface area contributed by atoms with Gasteiger partial charge in [-0.1, -0.05) is 5.92 Å². The summed E-state index contributed by atoms with van der Waals surface area (Å²) < 4.78 is 14.8. The van der Waals surface area contributed by atoms with Gasteiger partial charge in [0.05, 0.1) is 16.8 Å². The smallest absolute Gasteiger partial charge is 0.298 e. The summed E-state index contributed by atoms with van der Waals surface area (Å²) in [4.78, 5) is 28.4. The standard InChI is InChI=1S/C20H23FN4O2/c1-4-5-16(26)25-8-6-13(7-9-25)24-19-15(21)10-14(20(22)27)18-17(19)11(2)12(3)23-18/h10,13,23-24H,6-9H2,1-3H3,(H2,22,27). The third-order valence-corrected chi connectivity index (χ3v) is 5.16. The molecule has 1 fully saturated rings. The fraction of sp³-hybridized carbons (Fsp3) is 0.400. The highest BCUT2D eigenvalue weighted by atomic mass is 19.1. The van der Waals surface area contributed by atoms with Crippen molar-refractivity contribution in [3.8, 4) is 11.8 Å². The number of nitrogens with one attached hydrogen (secondary N) is 2. The monoisotopic (exact) mass is 370 g/mol. The van der Waals surface area contributed by atoms with Crippen molar-refractivity contribution in [2.24, 2.45) is 5.73 Å². The van der Waals surface area contributed by atoms with E-state index in [0.29, 0.717) is 42.5 Å². The Kier molecular flexibility index (Phi) is 5.08. The van der Waals surface area contributed by atoms with Crippen molar-refractivity contribution in [3.63, 3.8) is 0 Å². The zero-order chi connectivity index (χ0) is 19.7. The minimum atomic E-state index is -0.671. The van der Waals surface area contributed by atoms with Gasteiger partial charge in [-0.15, -0.1) is 0 Å². The van der Waals surface area contributed by atoms with E-state index in [2.05, 4.69) is 22.1 Å². The molecule has 3 rings (SSSR count). The Hall–Kier alpha value is -3.01. The molecular formula is C20H23FN4O2. The van der Waals surface area contributed by atoms with Crippen LogP contribution in [0.5, 0.6) is 0 Å². The molecule has 27 heavy (non-hydrogen) atoms. The normalized spacial score (nSPS) is 14.7. The Balaban J connectivity index is 1.89. The lowest BCUT2D eigenvalue weighted by atomic mass is 10.0. The summed E-state index contributed by atoms with van der Waals surface area (Å²) in [6.07, 6.45) is 1.39. The Morgan fingerprint density at radius 2 is 2.00 bits per heavy atom. The molecule has 4 N–H and O–H groups in total. The second-order valence-corrected chi connectivity index (χ2v) is 6.86. The van der Waals surface area contributed by atoms with Crippen LogP contribution in [0.2, 0.25) is 0 Å². The number of piperidine rings is 1. The SMILES string of the molecule is CC#CC(=O)N1CCC(Nc2c(F)cc(C(N)=O)c3[nH]c(C)c(C)c23)CC1. The summed E-state index contributed by atoms with van der Waals surface area (Å²) >= 11 is 0. The van der Waals surface area contributed by atoms with Crippen LogP contribution in [0.25, 0.3) is 10.9 Å². The Bertz CT molecular complexity index is 975. The number of rotatable bonds is 3. The zero-order valence-corrected chi connectivity index (χ0v) is 15.7. The number of anilines is 1. The molecule has 1 aromatic heterocycles. The number of nitrogens with two attached hydrogens (primary N) is 1. The first-order valence-electron chi connectivity index (χ1n) is 8.92. The molecule has 0 aliphatic carbocycles. The lowest BCUT2D eigenvalue weighted by Crippen LogP contribution is -2.42. The first-order valence-corrected chi connectivity index (χ1v) is 8.92. The van der Waals surface area contributed by atoms with Crippen molar-refractivity contribution in [1.82, 2.24) is 9.88 Å². The number of aromatic nitrogens is 1. The number of fused-ring (bicyclic) bond motifs is 1. The van der Waals surface area contributed by atoms with Crippen LogP contribution in [0.3, 0.4) is 0 Å². The van der Waals surface area contributed by atoms with Gasteiger partial charge in [-0.05, 0) is 51.2 Å². The number of hydrogen-bond acceptors (Lipinski definition) is 3. The van der Waals surface area contributed by atoms with Crippen molar-refractivity contribution >= 4 is 28.4 Å². The van der Waals surface area contributed by atoms with Crippen LogP contribution in [0.4, 0.5) is 10.1 Å². The maximum Gasteiger partial charge on any atom is 0.298 e. The highest BCUT2D eigenvalue weighted by molar-refractivity contribution is 6.10. The largest absolute Gasteiger partial charge is 0.379 e. The molecule has 6 nitrogen and oxygen atoms in total. The van der Waals surface area contributed by atoms with Crippen LogP contribution >= 0.6 is 0 Å². The van der Waals surface area contributed by atoms with Crippen molar-refractivity contribution in [2.75, 3.05) is 18.4 Å². The molecule has 0 unspecified atom stereocenters. The molecule has 1 aliphatic rings. The number of benzene rings is 1. The molecule has 0 saturated carbocycles. The number of halogens is 1. The molecule has 0 spiro atoms. The third kappa shape index (κ3) is 3.47. The summed E-state index contributed by atoms with van der Waals surface area (Å²) in [5.41, 5.74) is 8.21. The summed E-state index contributed by atoms with van der Waals surface area (Å²) in [5, 5.41) is 3.93. The van der Waals surface area contributed by atoms with E-state index in [1.807, 2.05) is 13.8 Å². The fourth-order valence-corrected chi connectivity index (χ4v) is 3.58. The van der Waals surface area contributed by atoms with Crippen molar-refractivity contribution in [3.05, 3.63) is 28.7 Å². The van der Waals surface area contributed by atoms with E-state index in [-0.39, 0.29) is 17.5 Å². The Labute approximate surface area is 157 Å². The maximum absolute atomic E-state index is 14.8. The predicted octanol–water partition coefficient (Wildman–Crippen LogP) is 2.45. The molecule has 2 heterocycles. The van der Waals surface area contributed by atoms with Crippen LogP contribution < -0.4 is 11.1 Å². The zero-order valence-electron chi connectivity index (χ0n) is 15.7. The van der Waals surface area contributed by atoms with E-state index >= 15 is 0 Å². The van der Waals surface area contributed by atoms with Crippen molar-refractivity contribution < 1.29 is 14.0 Å². The molecule has 1 saturated heterocycles. The van der Waals surface area contributed by atoms with Crippen LogP contribution in [0.1, 0.15) is 41.4 Å². The van der Waals surface area contributed by atoms with Gasteiger partial charge in [0, 0.05) is 30.2 Å². The average Bonchev–Trinajstić information content (AvgIpc) is 2.93. The molecule has 2 aromatic rings. The number of likely N-dealkylation sites (tertiary alicyclic amines) is 1. The molecule has 1 aromatic carbocycles. The predicted molar refractivity (Wildman–Crippen MR) is 103 cm³/mol. The number of aryl methyl sites for hydroxylation is 2. The highest BCUT2D eigenvalue weighted by Crippen LogP contribution is 2.35. The number of primary amides is 1. The molecule has 142 valence electrons. The number of carbonyl (C=O) groups is 2. The first kappa shape index (κ1) is 18.8. The van der Waals surface area contributed by atoms with Gasteiger partial charge in [0.1, 0.15) is 5.82 Å². The van der Waals surface area contributed by atoms with Crippen molar-refractivity contribution in [2.45, 2.75) is 39.7 Å². The van der Waals surface area contributed by atoms with E-state index in [4.69, 9.17) is 5.73 Å². The second kappa shape index (κ2) is 7.31. The van der Waals surface area contributed by atoms with Crippen LogP contribution in [-0.2, 0) is 4.79 Å². The van der Waals surface area contributed by atoms with Gasteiger partial charge in [-0.3, -0.25) is 9.59 Å². The van der Waals surface area contributed by atoms with E-state index in [0.717, 1.165) is 11.3 Å². The Morgan fingerprint density at radius 1 is 1.33 bits per heavy atom. The molecule has 2 amide bonds. The number of aromatic amines is 1. The van der Waals surface area contributed by atoms with Crippen LogP contribution in [0, 0.1) is 31.5 Å². The van der Waals surface area contributed by atoms with Crippen molar-refractivity contribution in [1.29, 1.82) is 0 Å². The third-order valence-electron chi connectivity index (χ3n) is 5.16. The summed E-state index contributed by atoms with van der Waals surface area (Å²) in [7, 11) is 0. The second-order valence-electron chi connectivity index (χ2n) is 6.86. The molecule has 0 bridgehead atoms. The first-order chi connectivity index (χ1) is 12.8. The van der Waals surface area contributed by atoms with E-state index in [1.165, 1.54) is 6.07 Å². The number of amides is 2. The van der Waals surface area contributed by atoms with Crippen LogP contribution in [-0.4, -0.2) is 40.8 Å². The minimum absolute atomic E-state index is 0.0235. The number of H-pyrrole nitrogens is 1. The molecule has 0 atom stereocenters. The highest BCUT2D eigenvalue weighted by Gasteiger charge is 2.25. The average molecular weight is 370 g/mol. The number of carbonyl (C=O) groups excluding carboxylic acids is 2. The van der Waals surface area contributed by atoms with Gasteiger partial charge in [-0.25, -0.2) is 4.39 Å². The lowest BCUT2D eigenvalue weighted by molar-refractivity contribution is -0.126. The van der Waals surface area contributed by atoms with Gasteiger partial charge >= 0.3 is 0 Å². The quantitative estimate of drug-likeness (QED) is 0.725. The maximum atomic E-state index is 14.8. The Morgan fingerprint density at radius 3 is 2.59 bits per heavy atom. The lowest BCUT2D eigenvalue weighted by Gasteiger charge is -2.32. The van der Waals surface area contributed by atoms with E-state index in [1.54, 1.807) is 11.8 Å². The summed E-state index contributed by atoms with van der Waals surface area (Å²) in [5.74, 6) is 3.82. The summed E-state index contributed by atoms with van der Waals surface area (Å²) in [6.45, 7) is 6.53. The number of hydrogen-bond donors (Lipinski definition) is 3. The van der Waals surface area contributed by atoms with E-state index < -0.39 is 11.7 Å². The molecule has 0 radical (unpaired) electrons. The minimum Gasteiger partial charge on any atom is -0.379 e.